The third-order valence-corrected chi connectivity index (χ3v) is 5.97. The molecular formula is C23H25N3O5. The zero-order valence-corrected chi connectivity index (χ0v) is 17.6. The number of para-hydroxylation sites is 1. The summed E-state index contributed by atoms with van der Waals surface area (Å²) < 4.78 is 12.4. The summed E-state index contributed by atoms with van der Waals surface area (Å²) in [6, 6.07) is 12.3. The van der Waals surface area contributed by atoms with E-state index in [9.17, 15) is 14.9 Å². The molecule has 1 aliphatic heterocycles. The van der Waals surface area contributed by atoms with E-state index in [1.807, 2.05) is 42.1 Å². The Kier molecular flexibility index (Phi) is 5.65. The highest BCUT2D eigenvalue weighted by Gasteiger charge is 2.55. The largest absolute Gasteiger partial charge is 0.497 e. The van der Waals surface area contributed by atoms with Crippen molar-refractivity contribution in [2.75, 3.05) is 13.7 Å². The maximum atomic E-state index is 12.9. The summed E-state index contributed by atoms with van der Waals surface area (Å²) >= 11 is 0. The number of methoxy groups -OCH3 is 1. The average Bonchev–Trinajstić information content (AvgIpc) is 3.33. The number of hydrogen-bond donors (Lipinski definition) is 1. The Morgan fingerprint density at radius 3 is 2.55 bits per heavy atom. The van der Waals surface area contributed by atoms with Gasteiger partial charge in [0.25, 0.3) is 0 Å². The molecule has 4 rings (SSSR count). The topological polar surface area (TPSA) is 95.6 Å². The van der Waals surface area contributed by atoms with Gasteiger partial charge in [0, 0.05) is 29.1 Å². The fraction of sp³-hybridized carbons (Fsp3) is 0.348. The number of aromatic nitrogens is 1. The molecule has 0 aliphatic carbocycles. The van der Waals surface area contributed by atoms with E-state index in [1.165, 1.54) is 0 Å². The summed E-state index contributed by atoms with van der Waals surface area (Å²) in [6.45, 7) is 1.93. The highest BCUT2D eigenvalue weighted by molar-refractivity contribution is 5.87. The fourth-order valence-corrected chi connectivity index (χ4v) is 4.61. The van der Waals surface area contributed by atoms with Crippen LogP contribution in [-0.2, 0) is 16.6 Å². The molecule has 3 aromatic rings. The van der Waals surface area contributed by atoms with Crippen LogP contribution in [0.15, 0.2) is 54.7 Å². The first-order valence-corrected chi connectivity index (χ1v) is 10.2. The lowest BCUT2D eigenvalue weighted by Crippen LogP contribution is -2.37. The van der Waals surface area contributed by atoms with Gasteiger partial charge in [-0.2, -0.15) is 0 Å². The van der Waals surface area contributed by atoms with Crippen LogP contribution in [0.4, 0.5) is 0 Å². The lowest BCUT2D eigenvalue weighted by atomic mass is 9.85. The minimum atomic E-state index is -1.05. The molecule has 8 nitrogen and oxygen atoms in total. The molecule has 2 aromatic carbocycles. The normalized spacial score (nSPS) is 23.1. The Balaban J connectivity index is 1.85. The fourth-order valence-electron chi connectivity index (χ4n) is 4.61. The minimum Gasteiger partial charge on any atom is -0.497 e. The molecule has 0 amide bonds. The van der Waals surface area contributed by atoms with Crippen LogP contribution in [0.1, 0.15) is 30.0 Å². The van der Waals surface area contributed by atoms with Crippen LogP contribution >= 0.6 is 0 Å². The van der Waals surface area contributed by atoms with Gasteiger partial charge in [0.2, 0.25) is 6.04 Å². The first-order chi connectivity index (χ1) is 15.0. The predicted octanol–water partition coefficient (Wildman–Crippen LogP) is 3.19. The second kappa shape index (κ2) is 8.39. The maximum absolute atomic E-state index is 12.9. The maximum Gasteiger partial charge on any atom is 0.324 e. The van der Waals surface area contributed by atoms with Gasteiger partial charge in [0.05, 0.1) is 19.6 Å². The molecule has 0 spiro atoms. The van der Waals surface area contributed by atoms with E-state index in [2.05, 4.69) is 5.32 Å². The molecule has 1 fully saturated rings. The quantitative estimate of drug-likeness (QED) is 0.372. The number of fused-ring (bicyclic) bond motifs is 1. The summed E-state index contributed by atoms with van der Waals surface area (Å²) in [4.78, 5) is 24.9. The van der Waals surface area contributed by atoms with Crippen LogP contribution in [0.2, 0.25) is 0 Å². The molecule has 1 saturated heterocycles. The molecule has 162 valence electrons. The van der Waals surface area contributed by atoms with Gasteiger partial charge in [0.15, 0.2) is 0 Å². The van der Waals surface area contributed by atoms with Crippen molar-refractivity contribution in [2.45, 2.75) is 31.0 Å². The van der Waals surface area contributed by atoms with Crippen molar-refractivity contribution in [1.82, 2.24) is 9.88 Å². The zero-order valence-electron chi connectivity index (χ0n) is 17.6. The van der Waals surface area contributed by atoms with Crippen LogP contribution in [-0.4, -0.2) is 41.3 Å². The molecule has 1 aromatic heterocycles. The van der Waals surface area contributed by atoms with E-state index in [4.69, 9.17) is 9.47 Å². The van der Waals surface area contributed by atoms with E-state index in [-0.39, 0.29) is 11.5 Å². The number of hydrogen-bond acceptors (Lipinski definition) is 6. The van der Waals surface area contributed by atoms with Crippen molar-refractivity contribution in [3.8, 4) is 5.75 Å². The highest BCUT2D eigenvalue weighted by atomic mass is 16.6. The number of benzene rings is 2. The summed E-state index contributed by atoms with van der Waals surface area (Å²) in [7, 11) is 3.46. The Morgan fingerprint density at radius 2 is 1.90 bits per heavy atom. The lowest BCUT2D eigenvalue weighted by molar-refractivity contribution is -0.527. The van der Waals surface area contributed by atoms with Gasteiger partial charge < -0.3 is 14.0 Å². The molecular weight excluding hydrogens is 398 g/mol. The highest BCUT2D eigenvalue weighted by Crippen LogP contribution is 2.43. The molecule has 1 N–H and O–H groups in total. The molecule has 1 aliphatic rings. The zero-order chi connectivity index (χ0) is 22.1. The lowest BCUT2D eigenvalue weighted by Gasteiger charge is -2.19. The van der Waals surface area contributed by atoms with Crippen molar-refractivity contribution in [1.29, 1.82) is 0 Å². The van der Waals surface area contributed by atoms with Crippen molar-refractivity contribution >= 4 is 16.9 Å². The Labute approximate surface area is 179 Å². The number of nitro groups is 1. The van der Waals surface area contributed by atoms with Crippen LogP contribution in [0, 0.1) is 10.1 Å². The van der Waals surface area contributed by atoms with Gasteiger partial charge in [0.1, 0.15) is 17.8 Å². The second-order valence-corrected chi connectivity index (χ2v) is 7.66. The number of carbonyl (C=O) groups excluding carboxylic acids is 1. The molecule has 0 radical (unpaired) electrons. The van der Waals surface area contributed by atoms with Gasteiger partial charge in [-0.1, -0.05) is 30.3 Å². The Morgan fingerprint density at radius 1 is 1.19 bits per heavy atom. The van der Waals surface area contributed by atoms with Gasteiger partial charge in [-0.3, -0.25) is 20.2 Å². The number of nitrogens with zero attached hydrogens (tertiary/aromatic N) is 2. The molecule has 0 unspecified atom stereocenters. The van der Waals surface area contributed by atoms with Crippen LogP contribution in [0.5, 0.6) is 5.75 Å². The molecule has 0 saturated carbocycles. The summed E-state index contributed by atoms with van der Waals surface area (Å²) in [5.74, 6) is -0.512. The number of nitrogens with one attached hydrogen (secondary N) is 1. The first-order valence-electron chi connectivity index (χ1n) is 10.2. The number of rotatable bonds is 6. The summed E-state index contributed by atoms with van der Waals surface area (Å²) in [6.07, 6.45) is 1.89. The molecule has 0 bridgehead atoms. The SMILES string of the molecule is CCOC(=O)[C@@H]1N[C@H](c2ccc(OC)cc2)[C@H]([N+](=O)[O-])[C@@H]1c1cn(C)c2ccccc12. The van der Waals surface area contributed by atoms with E-state index >= 15 is 0 Å². The van der Waals surface area contributed by atoms with Gasteiger partial charge >= 0.3 is 5.97 Å². The standard InChI is InChI=1S/C23H25N3O5/c1-4-31-23(27)21-19(17-13-25(2)18-8-6-5-7-16(17)18)22(26(28)29)20(24-21)14-9-11-15(30-3)12-10-14/h5-13,19-22,24H,4H2,1-3H3/t19-,20-,21-,22-/m1/s1. The number of esters is 1. The van der Waals surface area contributed by atoms with Crippen molar-refractivity contribution in [2.24, 2.45) is 7.05 Å². The van der Waals surface area contributed by atoms with Gasteiger partial charge in [-0.05, 0) is 36.2 Å². The number of carbonyl (C=O) groups is 1. The third-order valence-electron chi connectivity index (χ3n) is 5.97. The average molecular weight is 423 g/mol. The monoisotopic (exact) mass is 423 g/mol. The van der Waals surface area contributed by atoms with Crippen LogP contribution < -0.4 is 10.1 Å². The molecule has 31 heavy (non-hydrogen) atoms. The molecule has 2 heterocycles. The predicted molar refractivity (Wildman–Crippen MR) is 116 cm³/mol. The Bertz CT molecular complexity index is 1110. The first kappa shape index (κ1) is 20.9. The van der Waals surface area contributed by atoms with Crippen molar-refractivity contribution in [3.63, 3.8) is 0 Å². The Hall–Kier alpha value is -3.39. The third kappa shape index (κ3) is 3.63. The minimum absolute atomic E-state index is 0.204. The van der Waals surface area contributed by atoms with Crippen LogP contribution in [0.3, 0.4) is 0 Å². The van der Waals surface area contributed by atoms with Crippen molar-refractivity contribution < 1.29 is 19.2 Å². The van der Waals surface area contributed by atoms with Gasteiger partial charge in [-0.15, -0.1) is 0 Å². The van der Waals surface area contributed by atoms with Crippen molar-refractivity contribution in [3.05, 3.63) is 76.0 Å². The smallest absolute Gasteiger partial charge is 0.324 e. The summed E-state index contributed by atoms with van der Waals surface area (Å²) in [5, 5.41) is 16.5. The number of ether oxygens (including phenoxy) is 2. The van der Waals surface area contributed by atoms with E-state index < -0.39 is 30.0 Å². The summed E-state index contributed by atoms with van der Waals surface area (Å²) in [5.41, 5.74) is 2.44. The number of aryl methyl sites for hydroxylation is 1. The molecule has 8 heteroatoms. The van der Waals surface area contributed by atoms with E-state index in [1.54, 1.807) is 38.3 Å². The van der Waals surface area contributed by atoms with Gasteiger partial charge in [-0.25, -0.2) is 0 Å². The second-order valence-electron chi connectivity index (χ2n) is 7.66. The van der Waals surface area contributed by atoms with E-state index in [0.29, 0.717) is 5.75 Å². The van der Waals surface area contributed by atoms with E-state index in [0.717, 1.165) is 22.0 Å². The molecule has 4 atom stereocenters. The van der Waals surface area contributed by atoms with Crippen LogP contribution in [0.25, 0.3) is 10.9 Å².